The topological polar surface area (TPSA) is 69.2 Å². The Kier molecular flexibility index (Phi) is 11.2. The van der Waals surface area contributed by atoms with Gasteiger partial charge >= 0.3 is 0 Å². The van der Waals surface area contributed by atoms with Crippen molar-refractivity contribution in [2.75, 3.05) is 66.6 Å². The highest BCUT2D eigenvalue weighted by Gasteiger charge is 2.35. The highest BCUT2D eigenvalue weighted by atomic mass is 127. The van der Waals surface area contributed by atoms with Crippen LogP contribution < -0.4 is 10.6 Å². The van der Waals surface area contributed by atoms with Gasteiger partial charge in [0.1, 0.15) is 0 Å². The van der Waals surface area contributed by atoms with Crippen molar-refractivity contribution >= 4 is 35.8 Å². The van der Waals surface area contributed by atoms with Crippen molar-refractivity contribution < 1.29 is 9.53 Å². The fourth-order valence-corrected chi connectivity index (χ4v) is 5.24. The number of rotatable bonds is 6. The Balaban J connectivity index is 0.00000320. The SMILES string of the molecule is CN=C(NCC1(CN2CCOCC2)CCCCC1)N1CCC(CC(=O)NC)CC1.I. The Bertz CT molecular complexity index is 540. The van der Waals surface area contributed by atoms with E-state index in [0.29, 0.717) is 17.8 Å². The molecule has 1 amide bonds. The molecule has 0 spiro atoms. The predicted octanol–water partition coefficient (Wildman–Crippen LogP) is 2.31. The predicted molar refractivity (Wildman–Crippen MR) is 133 cm³/mol. The van der Waals surface area contributed by atoms with Crippen LogP contribution in [0.5, 0.6) is 0 Å². The van der Waals surface area contributed by atoms with E-state index in [0.717, 1.165) is 64.7 Å². The Hall–Kier alpha value is -0.610. The van der Waals surface area contributed by atoms with E-state index in [2.05, 4.69) is 25.4 Å². The lowest BCUT2D eigenvalue weighted by atomic mass is 9.73. The minimum atomic E-state index is 0. The van der Waals surface area contributed by atoms with E-state index in [-0.39, 0.29) is 29.9 Å². The fraction of sp³-hybridized carbons (Fsp3) is 0.909. The summed E-state index contributed by atoms with van der Waals surface area (Å²) in [6.07, 6.45) is 9.45. The molecular weight excluding hydrogens is 493 g/mol. The van der Waals surface area contributed by atoms with Crippen LogP contribution in [0.3, 0.4) is 0 Å². The third kappa shape index (κ3) is 7.51. The molecule has 3 fully saturated rings. The van der Waals surface area contributed by atoms with Crippen molar-refractivity contribution in [3.8, 4) is 0 Å². The number of morpholine rings is 1. The van der Waals surface area contributed by atoms with Gasteiger partial charge in [-0.05, 0) is 31.6 Å². The first kappa shape index (κ1) is 25.6. The fourth-order valence-electron chi connectivity index (χ4n) is 5.24. The van der Waals surface area contributed by atoms with Crippen LogP contribution in [0.1, 0.15) is 51.4 Å². The second-order valence-electron chi connectivity index (χ2n) is 9.16. The number of hydrogen-bond acceptors (Lipinski definition) is 4. The van der Waals surface area contributed by atoms with Crippen LogP contribution in [0.15, 0.2) is 4.99 Å². The van der Waals surface area contributed by atoms with E-state index in [1.54, 1.807) is 7.05 Å². The van der Waals surface area contributed by atoms with Gasteiger partial charge in [-0.15, -0.1) is 24.0 Å². The van der Waals surface area contributed by atoms with Crippen LogP contribution in [-0.2, 0) is 9.53 Å². The lowest BCUT2D eigenvalue weighted by Gasteiger charge is -2.43. The Labute approximate surface area is 199 Å². The number of aliphatic imine (C=N–C) groups is 1. The number of piperidine rings is 1. The highest BCUT2D eigenvalue weighted by molar-refractivity contribution is 14.0. The first-order valence-electron chi connectivity index (χ1n) is 11.6. The van der Waals surface area contributed by atoms with E-state index in [1.807, 2.05) is 7.05 Å². The van der Waals surface area contributed by atoms with Gasteiger partial charge < -0.3 is 20.3 Å². The van der Waals surface area contributed by atoms with Crippen LogP contribution in [0, 0.1) is 11.3 Å². The smallest absolute Gasteiger partial charge is 0.220 e. The molecule has 2 heterocycles. The summed E-state index contributed by atoms with van der Waals surface area (Å²) < 4.78 is 5.55. The molecule has 0 bridgehead atoms. The molecule has 3 rings (SSSR count). The van der Waals surface area contributed by atoms with Crippen molar-refractivity contribution in [1.29, 1.82) is 0 Å². The van der Waals surface area contributed by atoms with Gasteiger partial charge in [-0.25, -0.2) is 0 Å². The van der Waals surface area contributed by atoms with Crippen molar-refractivity contribution in [3.05, 3.63) is 0 Å². The lowest BCUT2D eigenvalue weighted by Crippen LogP contribution is -2.52. The Morgan fingerprint density at radius 2 is 1.77 bits per heavy atom. The van der Waals surface area contributed by atoms with Gasteiger partial charge in [0.25, 0.3) is 0 Å². The van der Waals surface area contributed by atoms with Gasteiger partial charge in [-0.2, -0.15) is 0 Å². The summed E-state index contributed by atoms with van der Waals surface area (Å²) in [5.74, 6) is 1.69. The second kappa shape index (κ2) is 13.1. The molecule has 30 heavy (non-hydrogen) atoms. The molecule has 0 radical (unpaired) electrons. The minimum Gasteiger partial charge on any atom is -0.379 e. The first-order chi connectivity index (χ1) is 14.1. The van der Waals surface area contributed by atoms with Gasteiger partial charge in [0.05, 0.1) is 13.2 Å². The molecule has 0 atom stereocenters. The summed E-state index contributed by atoms with van der Waals surface area (Å²) in [4.78, 5) is 21.2. The Morgan fingerprint density at radius 1 is 1.10 bits per heavy atom. The van der Waals surface area contributed by atoms with E-state index < -0.39 is 0 Å². The maximum absolute atomic E-state index is 11.7. The molecular formula is C22H42IN5O2. The van der Waals surface area contributed by atoms with E-state index in [4.69, 9.17) is 4.74 Å². The van der Waals surface area contributed by atoms with Gasteiger partial charge in [0.2, 0.25) is 5.91 Å². The van der Waals surface area contributed by atoms with Gasteiger partial charge in [0, 0.05) is 65.2 Å². The molecule has 2 saturated heterocycles. The molecule has 0 unspecified atom stereocenters. The summed E-state index contributed by atoms with van der Waals surface area (Å²) in [7, 11) is 3.62. The number of likely N-dealkylation sites (tertiary alicyclic amines) is 1. The number of nitrogens with one attached hydrogen (secondary N) is 2. The molecule has 1 saturated carbocycles. The van der Waals surface area contributed by atoms with Crippen LogP contribution in [0.25, 0.3) is 0 Å². The zero-order chi connectivity index (χ0) is 20.5. The quantitative estimate of drug-likeness (QED) is 0.311. The molecule has 2 aliphatic heterocycles. The molecule has 0 aromatic carbocycles. The summed E-state index contributed by atoms with van der Waals surface area (Å²) in [5, 5.41) is 6.50. The molecule has 7 nitrogen and oxygen atoms in total. The number of hydrogen-bond donors (Lipinski definition) is 2. The molecule has 174 valence electrons. The standard InChI is InChI=1S/C22H41N5O2.HI/c1-23-20(28)16-19-6-10-27(11-7-19)21(24-2)25-17-22(8-4-3-5-9-22)18-26-12-14-29-15-13-26;/h19H,3-18H2,1-2H3,(H,23,28)(H,24,25);1H. The van der Waals surface area contributed by atoms with Crippen molar-refractivity contribution in [1.82, 2.24) is 20.4 Å². The molecule has 3 aliphatic rings. The number of nitrogens with zero attached hydrogens (tertiary/aromatic N) is 3. The van der Waals surface area contributed by atoms with Crippen molar-refractivity contribution in [2.45, 2.75) is 51.4 Å². The van der Waals surface area contributed by atoms with Gasteiger partial charge in [0.15, 0.2) is 5.96 Å². The van der Waals surface area contributed by atoms with E-state index in [9.17, 15) is 4.79 Å². The zero-order valence-electron chi connectivity index (χ0n) is 19.0. The minimum absolute atomic E-state index is 0. The largest absolute Gasteiger partial charge is 0.379 e. The van der Waals surface area contributed by atoms with E-state index in [1.165, 1.54) is 38.6 Å². The highest BCUT2D eigenvalue weighted by Crippen LogP contribution is 2.37. The average molecular weight is 536 g/mol. The molecule has 8 heteroatoms. The van der Waals surface area contributed by atoms with E-state index >= 15 is 0 Å². The zero-order valence-corrected chi connectivity index (χ0v) is 21.3. The van der Waals surface area contributed by atoms with Crippen LogP contribution in [0.2, 0.25) is 0 Å². The molecule has 1 aliphatic carbocycles. The monoisotopic (exact) mass is 535 g/mol. The van der Waals surface area contributed by atoms with Gasteiger partial charge in [-0.3, -0.25) is 14.7 Å². The number of guanidine groups is 1. The number of halogens is 1. The number of amides is 1. The first-order valence-corrected chi connectivity index (χ1v) is 11.6. The van der Waals surface area contributed by atoms with Crippen molar-refractivity contribution in [3.63, 3.8) is 0 Å². The van der Waals surface area contributed by atoms with Gasteiger partial charge in [-0.1, -0.05) is 19.3 Å². The average Bonchev–Trinajstić information content (AvgIpc) is 2.76. The number of carbonyl (C=O) groups is 1. The number of carbonyl (C=O) groups excluding carboxylic acids is 1. The normalized spacial score (nSPS) is 23.5. The van der Waals surface area contributed by atoms with Crippen LogP contribution >= 0.6 is 24.0 Å². The summed E-state index contributed by atoms with van der Waals surface area (Å²) in [6, 6.07) is 0. The molecule has 0 aromatic heterocycles. The molecule has 0 aromatic rings. The maximum atomic E-state index is 11.7. The van der Waals surface area contributed by atoms with Crippen molar-refractivity contribution in [2.24, 2.45) is 16.3 Å². The van der Waals surface area contributed by atoms with Crippen LogP contribution in [0.4, 0.5) is 0 Å². The number of ether oxygens (including phenoxy) is 1. The third-order valence-corrected chi connectivity index (χ3v) is 7.08. The lowest BCUT2D eigenvalue weighted by molar-refractivity contribution is -0.121. The summed E-state index contributed by atoms with van der Waals surface area (Å²) in [6.45, 7) is 8.02. The molecule has 2 N–H and O–H groups in total. The second-order valence-corrected chi connectivity index (χ2v) is 9.16. The van der Waals surface area contributed by atoms with Crippen LogP contribution in [-0.4, -0.2) is 88.2 Å². The Morgan fingerprint density at radius 3 is 2.37 bits per heavy atom. The maximum Gasteiger partial charge on any atom is 0.220 e. The summed E-state index contributed by atoms with van der Waals surface area (Å²) in [5.41, 5.74) is 0.350. The summed E-state index contributed by atoms with van der Waals surface area (Å²) >= 11 is 0. The third-order valence-electron chi connectivity index (χ3n) is 7.08.